The molecule has 110 valence electrons. The van der Waals surface area contributed by atoms with Gasteiger partial charge in [0.1, 0.15) is 0 Å². The van der Waals surface area contributed by atoms with Gasteiger partial charge in [-0.3, -0.25) is 11.8 Å². The molecule has 1 aliphatic carbocycles. The summed E-state index contributed by atoms with van der Waals surface area (Å²) in [5, 5.41) is 0. The van der Waals surface area contributed by atoms with E-state index in [1.807, 2.05) is 12.2 Å². The quantitative estimate of drug-likeness (QED) is 0.332. The first-order valence-corrected chi connectivity index (χ1v) is 14.1. The molecule has 0 saturated heterocycles. The van der Waals surface area contributed by atoms with Crippen LogP contribution in [0.4, 0.5) is 0 Å². The summed E-state index contributed by atoms with van der Waals surface area (Å²) in [4.78, 5) is 0. The van der Waals surface area contributed by atoms with Gasteiger partial charge in [0.15, 0.2) is 0 Å². The molecule has 0 spiro atoms. The van der Waals surface area contributed by atoms with Crippen LogP contribution in [0.3, 0.4) is 0 Å². The SMILES string of the molecule is CC(=[C-][Si](C)(C)C)C(C)=C[Si](C)(C)C.[C-]1=CC=CC1.[Zr+2]. The minimum Gasteiger partial charge on any atom is -0.276 e. The van der Waals surface area contributed by atoms with Gasteiger partial charge in [0.25, 0.3) is 0 Å². The Morgan fingerprint density at radius 1 is 1.10 bits per heavy atom. The van der Waals surface area contributed by atoms with E-state index >= 15 is 0 Å². The average molecular weight is 382 g/mol. The van der Waals surface area contributed by atoms with Crippen molar-refractivity contribution in [2.75, 3.05) is 0 Å². The van der Waals surface area contributed by atoms with Gasteiger partial charge in [-0.15, -0.1) is 13.3 Å². The maximum atomic E-state index is 3.65. The molecule has 0 unspecified atom stereocenters. The summed E-state index contributed by atoms with van der Waals surface area (Å²) in [7, 11) is -2.24. The molecule has 0 nitrogen and oxygen atoms in total. The van der Waals surface area contributed by atoms with Gasteiger partial charge in [-0.2, -0.15) is 11.8 Å². The number of hydrogen-bond donors (Lipinski definition) is 0. The van der Waals surface area contributed by atoms with Gasteiger partial charge in [0.2, 0.25) is 0 Å². The summed E-state index contributed by atoms with van der Waals surface area (Å²) in [6.07, 6.45) is 10.0. The van der Waals surface area contributed by atoms with Crippen LogP contribution in [0.2, 0.25) is 39.3 Å². The van der Waals surface area contributed by atoms with Crippen molar-refractivity contribution in [3.63, 3.8) is 0 Å². The van der Waals surface area contributed by atoms with Crippen LogP contribution >= 0.6 is 0 Å². The topological polar surface area (TPSA) is 0 Å². The van der Waals surface area contributed by atoms with E-state index in [2.05, 4.69) is 76.7 Å². The third kappa shape index (κ3) is 14.7. The molecule has 0 radical (unpaired) electrons. The molecule has 0 aliphatic heterocycles. The van der Waals surface area contributed by atoms with E-state index in [1.165, 1.54) is 11.1 Å². The van der Waals surface area contributed by atoms with E-state index < -0.39 is 16.1 Å². The molecule has 0 aromatic rings. The van der Waals surface area contributed by atoms with Crippen molar-refractivity contribution in [2.24, 2.45) is 0 Å². The fourth-order valence-corrected chi connectivity index (χ4v) is 4.60. The van der Waals surface area contributed by atoms with E-state index in [-0.39, 0.29) is 26.2 Å². The summed E-state index contributed by atoms with van der Waals surface area (Å²) >= 11 is 0. The van der Waals surface area contributed by atoms with Crippen molar-refractivity contribution in [1.29, 1.82) is 0 Å². The zero-order valence-electron chi connectivity index (χ0n) is 14.5. The molecule has 3 heteroatoms. The van der Waals surface area contributed by atoms with Crippen molar-refractivity contribution in [2.45, 2.75) is 59.6 Å². The average Bonchev–Trinajstić information content (AvgIpc) is 2.69. The van der Waals surface area contributed by atoms with E-state index in [1.54, 1.807) is 0 Å². The molecule has 0 aromatic heterocycles. The first kappa shape index (κ1) is 22.6. The molecule has 0 N–H and O–H groups in total. The standard InChI is InChI=1S/C12H25Si2.C5H5.Zr/c1-11(9-13(3,4)5)12(2)10-14(6,7)8;1-2-4-5-3-1;/h9H,1-8H3;1-3H,4H2;/q2*-1;+2. The van der Waals surface area contributed by atoms with Gasteiger partial charge >= 0.3 is 26.2 Å². The predicted octanol–water partition coefficient (Wildman–Crippen LogP) is 5.74. The van der Waals surface area contributed by atoms with Gasteiger partial charge < -0.3 is 0 Å². The number of allylic oxidation sites excluding steroid dienone is 6. The second-order valence-corrected chi connectivity index (χ2v) is 17.0. The van der Waals surface area contributed by atoms with Crippen molar-refractivity contribution in [3.8, 4) is 0 Å². The van der Waals surface area contributed by atoms with E-state index in [0.29, 0.717) is 0 Å². The van der Waals surface area contributed by atoms with Gasteiger partial charge in [-0.05, 0) is 8.07 Å². The Hall–Kier alpha value is 0.277. The van der Waals surface area contributed by atoms with Crippen molar-refractivity contribution < 1.29 is 26.2 Å². The first-order chi connectivity index (χ1) is 8.51. The monoisotopic (exact) mass is 380 g/mol. The van der Waals surface area contributed by atoms with E-state index in [4.69, 9.17) is 0 Å². The molecule has 0 amide bonds. The zero-order chi connectivity index (χ0) is 15.1. The maximum absolute atomic E-state index is 3.65. The van der Waals surface area contributed by atoms with E-state index in [0.717, 1.165) is 6.42 Å². The second-order valence-electron chi connectivity index (χ2n) is 7.20. The maximum Gasteiger partial charge on any atom is 2.00 e. The Morgan fingerprint density at radius 2 is 1.65 bits per heavy atom. The van der Waals surface area contributed by atoms with Crippen LogP contribution in [-0.2, 0) is 26.2 Å². The van der Waals surface area contributed by atoms with Crippen molar-refractivity contribution in [3.05, 3.63) is 46.8 Å². The summed E-state index contributed by atoms with van der Waals surface area (Å²) in [5.41, 5.74) is 8.92. The largest absolute Gasteiger partial charge is 2.00 e. The van der Waals surface area contributed by atoms with Crippen LogP contribution in [0, 0.1) is 11.8 Å². The van der Waals surface area contributed by atoms with Crippen LogP contribution in [0.5, 0.6) is 0 Å². The minimum atomic E-state index is -1.17. The normalized spacial score (nSPS) is 15.6. The minimum absolute atomic E-state index is 0. The van der Waals surface area contributed by atoms with Crippen molar-refractivity contribution >= 4 is 16.1 Å². The van der Waals surface area contributed by atoms with Crippen LogP contribution in [0.25, 0.3) is 0 Å². The molecule has 20 heavy (non-hydrogen) atoms. The smallest absolute Gasteiger partial charge is 0.276 e. The van der Waals surface area contributed by atoms with Crippen LogP contribution in [-0.4, -0.2) is 16.1 Å². The molecule has 0 atom stereocenters. The molecule has 1 aliphatic rings. The Morgan fingerprint density at radius 3 is 1.90 bits per heavy atom. The van der Waals surface area contributed by atoms with Gasteiger partial charge in [-0.1, -0.05) is 46.2 Å². The van der Waals surface area contributed by atoms with Crippen LogP contribution in [0.15, 0.2) is 35.1 Å². The van der Waals surface area contributed by atoms with Gasteiger partial charge in [0, 0.05) is 0 Å². The molecular weight excluding hydrogens is 352 g/mol. The molecular formula is C17H30Si2Zr. The Balaban J connectivity index is 0. The van der Waals surface area contributed by atoms with Crippen molar-refractivity contribution in [1.82, 2.24) is 0 Å². The molecule has 1 rings (SSSR count). The predicted molar refractivity (Wildman–Crippen MR) is 94.4 cm³/mol. The van der Waals surface area contributed by atoms with E-state index in [9.17, 15) is 0 Å². The molecule has 0 heterocycles. The van der Waals surface area contributed by atoms with Gasteiger partial charge in [0.05, 0.1) is 8.07 Å². The van der Waals surface area contributed by atoms with Crippen LogP contribution < -0.4 is 0 Å². The second kappa shape index (κ2) is 10.1. The number of hydrogen-bond acceptors (Lipinski definition) is 0. The first-order valence-electron chi connectivity index (χ1n) is 7.04. The molecule has 0 aromatic carbocycles. The summed E-state index contributed by atoms with van der Waals surface area (Å²) < 4.78 is 0. The molecule has 0 bridgehead atoms. The third-order valence-electron chi connectivity index (χ3n) is 2.39. The zero-order valence-corrected chi connectivity index (χ0v) is 19.0. The fraction of sp³-hybridized carbons (Fsp3) is 0.529. The Kier molecular flexibility index (Phi) is 11.4. The number of rotatable bonds is 3. The van der Waals surface area contributed by atoms with Crippen LogP contribution in [0.1, 0.15) is 20.3 Å². The Labute approximate surface area is 148 Å². The molecule has 0 saturated carbocycles. The summed E-state index contributed by atoms with van der Waals surface area (Å²) in [6.45, 7) is 18.5. The van der Waals surface area contributed by atoms with Gasteiger partial charge in [-0.25, -0.2) is 23.3 Å². The Bertz CT molecular complexity index is 350. The molecule has 0 fully saturated rings. The summed E-state index contributed by atoms with van der Waals surface area (Å²) in [6, 6.07) is 0. The third-order valence-corrected chi connectivity index (χ3v) is 4.81. The fourth-order valence-electron chi connectivity index (χ4n) is 1.76. The summed E-state index contributed by atoms with van der Waals surface area (Å²) in [5.74, 6) is 0.